The quantitative estimate of drug-likeness (QED) is 0.700. The molecule has 0 bridgehead atoms. The highest BCUT2D eigenvalue weighted by molar-refractivity contribution is 8.00. The third kappa shape index (κ3) is 4.10. The van der Waals surface area contributed by atoms with Crippen LogP contribution in [0.25, 0.3) is 0 Å². The van der Waals surface area contributed by atoms with E-state index in [1.807, 2.05) is 30.3 Å². The molecule has 0 aromatic heterocycles. The number of halogens is 3. The zero-order valence-corrected chi connectivity index (χ0v) is 12.3. The summed E-state index contributed by atoms with van der Waals surface area (Å²) in [6, 6.07) is 15.4. The number of hydrogen-bond donors (Lipinski definition) is 0. The first-order valence-corrected chi connectivity index (χ1v) is 7.55. The van der Waals surface area contributed by atoms with Crippen LogP contribution >= 0.6 is 11.8 Å². The number of rotatable bonds is 5. The van der Waals surface area contributed by atoms with Crippen molar-refractivity contribution in [1.29, 1.82) is 0 Å². The second-order valence-electron chi connectivity index (χ2n) is 4.95. The zero-order chi connectivity index (χ0) is 15.6. The highest BCUT2D eigenvalue weighted by Gasteiger charge is 2.46. The van der Waals surface area contributed by atoms with Crippen LogP contribution < -0.4 is 9.47 Å². The lowest BCUT2D eigenvalue weighted by atomic mass is 10.3. The van der Waals surface area contributed by atoms with Gasteiger partial charge in [-0.3, -0.25) is 0 Å². The van der Waals surface area contributed by atoms with Crippen molar-refractivity contribution in [3.8, 4) is 11.5 Å². The summed E-state index contributed by atoms with van der Waals surface area (Å²) in [6.45, 7) is 0. The maximum absolute atomic E-state index is 12.1. The monoisotopic (exact) mass is 326 g/mol. The van der Waals surface area contributed by atoms with Crippen LogP contribution in [0.2, 0.25) is 0 Å². The van der Waals surface area contributed by atoms with Crippen molar-refractivity contribution in [2.24, 2.45) is 0 Å². The molecule has 116 valence electrons. The first-order valence-electron chi connectivity index (χ1n) is 6.73. The maximum Gasteiger partial charge on any atom is 0.573 e. The van der Waals surface area contributed by atoms with Crippen molar-refractivity contribution in [3.05, 3.63) is 54.6 Å². The number of benzene rings is 2. The van der Waals surface area contributed by atoms with Crippen LogP contribution in [0.5, 0.6) is 11.5 Å². The molecule has 1 aliphatic rings. The molecule has 0 aliphatic heterocycles. The first-order chi connectivity index (χ1) is 10.4. The van der Waals surface area contributed by atoms with Gasteiger partial charge in [-0.15, -0.1) is 13.2 Å². The molecule has 2 nitrogen and oxygen atoms in total. The van der Waals surface area contributed by atoms with Gasteiger partial charge in [0.2, 0.25) is 0 Å². The number of hydrogen-bond acceptors (Lipinski definition) is 3. The average molecular weight is 326 g/mol. The first kappa shape index (κ1) is 15.1. The van der Waals surface area contributed by atoms with E-state index in [-0.39, 0.29) is 10.7 Å². The Balaban J connectivity index is 1.63. The van der Waals surface area contributed by atoms with Gasteiger partial charge in [-0.25, -0.2) is 0 Å². The summed E-state index contributed by atoms with van der Waals surface area (Å²) >= 11 is 1.63. The van der Waals surface area contributed by atoms with Crippen molar-refractivity contribution in [2.45, 2.75) is 29.0 Å². The van der Waals surface area contributed by atoms with E-state index in [0.717, 1.165) is 17.7 Å². The van der Waals surface area contributed by atoms with Gasteiger partial charge in [0.15, 0.2) is 4.93 Å². The zero-order valence-electron chi connectivity index (χ0n) is 11.5. The van der Waals surface area contributed by atoms with Gasteiger partial charge in [-0.2, -0.15) is 0 Å². The van der Waals surface area contributed by atoms with Gasteiger partial charge < -0.3 is 9.47 Å². The molecule has 6 heteroatoms. The molecule has 0 heterocycles. The second kappa shape index (κ2) is 5.76. The van der Waals surface area contributed by atoms with Crippen molar-refractivity contribution < 1.29 is 22.6 Å². The predicted molar refractivity (Wildman–Crippen MR) is 78.0 cm³/mol. The van der Waals surface area contributed by atoms with Crippen LogP contribution in [0, 0.1) is 0 Å². The Labute approximate surface area is 130 Å². The van der Waals surface area contributed by atoms with Crippen LogP contribution in [0.3, 0.4) is 0 Å². The Morgan fingerprint density at radius 2 is 1.45 bits per heavy atom. The Morgan fingerprint density at radius 1 is 0.864 bits per heavy atom. The molecule has 0 radical (unpaired) electrons. The third-order valence-corrected chi connectivity index (χ3v) is 4.44. The lowest BCUT2D eigenvalue weighted by molar-refractivity contribution is -0.274. The van der Waals surface area contributed by atoms with Gasteiger partial charge in [-0.05, 0) is 36.4 Å². The van der Waals surface area contributed by atoms with Crippen LogP contribution in [0.4, 0.5) is 13.2 Å². The predicted octanol–water partition coefficient (Wildman–Crippen LogP) is 5.25. The summed E-state index contributed by atoms with van der Waals surface area (Å²) in [7, 11) is 0. The highest BCUT2D eigenvalue weighted by atomic mass is 32.2. The molecule has 0 saturated heterocycles. The molecule has 22 heavy (non-hydrogen) atoms. The van der Waals surface area contributed by atoms with E-state index in [1.54, 1.807) is 11.8 Å². The smallest absolute Gasteiger partial charge is 0.476 e. The molecular formula is C16H13F3O2S. The molecule has 1 fully saturated rings. The fourth-order valence-electron chi connectivity index (χ4n) is 1.95. The Kier molecular flexibility index (Phi) is 3.95. The maximum atomic E-state index is 12.1. The van der Waals surface area contributed by atoms with E-state index in [9.17, 15) is 13.2 Å². The lowest BCUT2D eigenvalue weighted by Crippen LogP contribution is -2.17. The standard InChI is InChI=1S/C16H13F3O2S/c17-16(18,19)21-13-8-6-12(7-9-13)20-15(10-11-15)22-14-4-2-1-3-5-14/h1-9H,10-11H2. The molecular weight excluding hydrogens is 313 g/mol. The Bertz CT molecular complexity index is 622. The molecule has 0 amide bonds. The van der Waals surface area contributed by atoms with Crippen LogP contribution in [0.1, 0.15) is 12.8 Å². The Hall–Kier alpha value is -1.82. The summed E-state index contributed by atoms with van der Waals surface area (Å²) < 4.78 is 46.1. The number of thioether (sulfide) groups is 1. The molecule has 2 aromatic rings. The molecule has 0 spiro atoms. The molecule has 0 N–H and O–H groups in total. The van der Waals surface area contributed by atoms with Crippen LogP contribution in [-0.2, 0) is 0 Å². The highest BCUT2D eigenvalue weighted by Crippen LogP contribution is 2.52. The summed E-state index contributed by atoms with van der Waals surface area (Å²) in [6.07, 6.45) is -2.86. The summed E-state index contributed by atoms with van der Waals surface area (Å²) in [4.78, 5) is 0.797. The van der Waals surface area contributed by atoms with E-state index in [1.165, 1.54) is 24.3 Å². The van der Waals surface area contributed by atoms with E-state index in [0.29, 0.717) is 5.75 Å². The number of alkyl halides is 3. The normalized spacial score (nSPS) is 16.1. The van der Waals surface area contributed by atoms with Crippen molar-refractivity contribution in [2.75, 3.05) is 0 Å². The van der Waals surface area contributed by atoms with Gasteiger partial charge in [0, 0.05) is 17.7 Å². The minimum Gasteiger partial charge on any atom is -0.476 e. The Morgan fingerprint density at radius 3 is 2.00 bits per heavy atom. The average Bonchev–Trinajstić information content (AvgIpc) is 3.20. The van der Waals surface area contributed by atoms with Crippen molar-refractivity contribution in [1.82, 2.24) is 0 Å². The van der Waals surface area contributed by atoms with Gasteiger partial charge >= 0.3 is 6.36 Å². The van der Waals surface area contributed by atoms with E-state index < -0.39 is 6.36 Å². The molecule has 3 rings (SSSR count). The van der Waals surface area contributed by atoms with Gasteiger partial charge in [-0.1, -0.05) is 30.0 Å². The SMILES string of the molecule is FC(F)(F)Oc1ccc(OC2(Sc3ccccc3)CC2)cc1. The molecule has 2 aromatic carbocycles. The van der Waals surface area contributed by atoms with Crippen molar-refractivity contribution >= 4 is 11.8 Å². The summed E-state index contributed by atoms with van der Waals surface area (Å²) in [5.41, 5.74) is 0. The minimum atomic E-state index is -4.68. The largest absolute Gasteiger partial charge is 0.573 e. The summed E-state index contributed by atoms with van der Waals surface area (Å²) in [5, 5.41) is 0. The second-order valence-corrected chi connectivity index (χ2v) is 6.37. The van der Waals surface area contributed by atoms with Gasteiger partial charge in [0.1, 0.15) is 11.5 Å². The van der Waals surface area contributed by atoms with Crippen LogP contribution in [-0.4, -0.2) is 11.3 Å². The minimum absolute atomic E-state index is 0.250. The van der Waals surface area contributed by atoms with Gasteiger partial charge in [0.05, 0.1) is 0 Å². The van der Waals surface area contributed by atoms with Crippen LogP contribution in [0.15, 0.2) is 59.5 Å². The third-order valence-electron chi connectivity index (χ3n) is 3.07. The molecule has 1 aliphatic carbocycles. The van der Waals surface area contributed by atoms with E-state index >= 15 is 0 Å². The summed E-state index contributed by atoms with van der Waals surface area (Å²) in [5.74, 6) is 0.288. The fourth-order valence-corrected chi connectivity index (χ4v) is 3.12. The number of ether oxygens (including phenoxy) is 2. The lowest BCUT2D eigenvalue weighted by Gasteiger charge is -2.18. The van der Waals surface area contributed by atoms with E-state index in [4.69, 9.17) is 4.74 Å². The molecule has 1 saturated carbocycles. The molecule has 0 atom stereocenters. The fraction of sp³-hybridized carbons (Fsp3) is 0.250. The topological polar surface area (TPSA) is 18.5 Å². The molecule has 0 unspecified atom stereocenters. The van der Waals surface area contributed by atoms with Gasteiger partial charge in [0.25, 0.3) is 0 Å². The van der Waals surface area contributed by atoms with Crippen molar-refractivity contribution in [3.63, 3.8) is 0 Å². The van der Waals surface area contributed by atoms with E-state index in [2.05, 4.69) is 4.74 Å².